The molecule has 0 heterocycles. The summed E-state index contributed by atoms with van der Waals surface area (Å²) in [5.74, 6) is -0.335. The van der Waals surface area contributed by atoms with Crippen LogP contribution in [0.5, 0.6) is 0 Å². The van der Waals surface area contributed by atoms with Crippen molar-refractivity contribution in [3.8, 4) is 0 Å². The third-order valence-corrected chi connectivity index (χ3v) is 1.60. The number of halogens is 2. The summed E-state index contributed by atoms with van der Waals surface area (Å²) in [6, 6.07) is 6.26. The van der Waals surface area contributed by atoms with E-state index in [1.54, 1.807) is 18.2 Å². The molecule has 3 heteroatoms. The number of hydrogen-bond acceptors (Lipinski definition) is 1. The number of rotatable bonds is 2. The first-order chi connectivity index (χ1) is 5.49. The van der Waals surface area contributed by atoms with Crippen LogP contribution in [0.15, 0.2) is 24.3 Å². The van der Waals surface area contributed by atoms with Gasteiger partial charge in [0.1, 0.15) is 10.9 Å². The van der Waals surface area contributed by atoms with E-state index in [0.29, 0.717) is 5.56 Å². The Hall–Kier alpha value is -0.600. The fraction of sp³-hybridized carbons (Fsp3) is 0.333. The van der Waals surface area contributed by atoms with Crippen LogP contribution < -0.4 is 0 Å². The molecule has 0 amide bonds. The Bertz CT molecular complexity index is 267. The molecule has 0 fully saturated rings. The zero-order chi connectivity index (χ0) is 9.19. The second kappa shape index (κ2) is 3.42. The lowest BCUT2D eigenvalue weighted by Gasteiger charge is -2.14. The fourth-order valence-corrected chi connectivity index (χ4v) is 1.13. The van der Waals surface area contributed by atoms with E-state index in [1.807, 2.05) is 0 Å². The number of alkyl halides is 1. The molecule has 0 aromatic heterocycles. The normalized spacial score (nSPS) is 15.7. The molecule has 0 bridgehead atoms. The summed E-state index contributed by atoms with van der Waals surface area (Å²) in [6.45, 7) is 1.43. The lowest BCUT2D eigenvalue weighted by Crippen LogP contribution is -2.19. The standard InChI is InChI=1S/C9H10ClFO/c1-9(10,12)6-7-4-2-3-5-8(7)11/h2-5,12H,6H2,1H3. The van der Waals surface area contributed by atoms with E-state index in [2.05, 4.69) is 0 Å². The maximum atomic E-state index is 13.0. The Balaban J connectivity index is 2.83. The average Bonchev–Trinajstić information content (AvgIpc) is 1.91. The van der Waals surface area contributed by atoms with Gasteiger partial charge < -0.3 is 5.11 Å². The summed E-state index contributed by atoms with van der Waals surface area (Å²) in [5, 5.41) is 7.82. The van der Waals surface area contributed by atoms with Gasteiger partial charge in [-0.1, -0.05) is 29.8 Å². The molecule has 66 valence electrons. The molecule has 1 aromatic rings. The van der Waals surface area contributed by atoms with Gasteiger partial charge >= 0.3 is 0 Å². The second-order valence-electron chi connectivity index (χ2n) is 2.91. The van der Waals surface area contributed by atoms with Gasteiger partial charge in [0, 0.05) is 6.42 Å². The Morgan fingerprint density at radius 2 is 2.08 bits per heavy atom. The highest BCUT2D eigenvalue weighted by Gasteiger charge is 2.17. The molecule has 1 N–H and O–H groups in total. The highest BCUT2D eigenvalue weighted by molar-refractivity contribution is 6.22. The summed E-state index contributed by atoms with van der Waals surface area (Å²) in [4.78, 5) is 0. The van der Waals surface area contributed by atoms with E-state index in [4.69, 9.17) is 11.6 Å². The summed E-state index contributed by atoms with van der Waals surface area (Å²) in [6.07, 6.45) is 0.112. The fourth-order valence-electron chi connectivity index (χ4n) is 0.989. The second-order valence-corrected chi connectivity index (χ2v) is 3.72. The Morgan fingerprint density at radius 1 is 1.50 bits per heavy atom. The van der Waals surface area contributed by atoms with Crippen molar-refractivity contribution in [3.05, 3.63) is 35.6 Å². The predicted molar refractivity (Wildman–Crippen MR) is 46.6 cm³/mol. The van der Waals surface area contributed by atoms with Crippen molar-refractivity contribution in [2.45, 2.75) is 18.4 Å². The quantitative estimate of drug-likeness (QED) is 0.707. The maximum Gasteiger partial charge on any atom is 0.140 e. The van der Waals surface area contributed by atoms with Crippen molar-refractivity contribution in [2.24, 2.45) is 0 Å². The Kier molecular flexibility index (Phi) is 2.70. The topological polar surface area (TPSA) is 20.2 Å². The molecule has 1 unspecified atom stereocenters. The summed E-state index contributed by atoms with van der Waals surface area (Å²) >= 11 is 5.53. The van der Waals surface area contributed by atoms with E-state index in [0.717, 1.165) is 0 Å². The monoisotopic (exact) mass is 188 g/mol. The molecule has 1 rings (SSSR count). The molecule has 0 aliphatic rings. The van der Waals surface area contributed by atoms with E-state index in [-0.39, 0.29) is 12.2 Å². The van der Waals surface area contributed by atoms with Crippen LogP contribution in [0.3, 0.4) is 0 Å². The van der Waals surface area contributed by atoms with Crippen molar-refractivity contribution < 1.29 is 9.50 Å². The highest BCUT2D eigenvalue weighted by Crippen LogP contribution is 2.18. The number of hydrogen-bond donors (Lipinski definition) is 1. The van der Waals surface area contributed by atoms with Crippen molar-refractivity contribution in [1.82, 2.24) is 0 Å². The van der Waals surface area contributed by atoms with Gasteiger partial charge in [-0.05, 0) is 18.6 Å². The van der Waals surface area contributed by atoms with Crippen LogP contribution in [0.25, 0.3) is 0 Å². The summed E-state index contributed by atoms with van der Waals surface area (Å²) in [7, 11) is 0. The van der Waals surface area contributed by atoms with Crippen LogP contribution in [0.2, 0.25) is 0 Å². The number of aliphatic hydroxyl groups is 1. The first-order valence-corrected chi connectivity index (χ1v) is 4.01. The largest absolute Gasteiger partial charge is 0.375 e. The highest BCUT2D eigenvalue weighted by atomic mass is 35.5. The Labute approximate surface area is 75.8 Å². The van der Waals surface area contributed by atoms with E-state index >= 15 is 0 Å². The summed E-state index contributed by atoms with van der Waals surface area (Å²) in [5.41, 5.74) is 0.428. The van der Waals surface area contributed by atoms with E-state index < -0.39 is 5.06 Å². The third-order valence-electron chi connectivity index (χ3n) is 1.47. The molecule has 0 spiro atoms. The molecule has 1 nitrogen and oxygen atoms in total. The van der Waals surface area contributed by atoms with Crippen LogP contribution in [0.1, 0.15) is 12.5 Å². The van der Waals surface area contributed by atoms with Gasteiger partial charge in [0.15, 0.2) is 0 Å². The van der Waals surface area contributed by atoms with Crippen molar-refractivity contribution >= 4 is 11.6 Å². The van der Waals surface area contributed by atoms with Crippen LogP contribution in [-0.2, 0) is 6.42 Å². The molecule has 0 aliphatic carbocycles. The first-order valence-electron chi connectivity index (χ1n) is 3.64. The van der Waals surface area contributed by atoms with E-state index in [1.165, 1.54) is 13.0 Å². The smallest absolute Gasteiger partial charge is 0.140 e. The maximum absolute atomic E-state index is 13.0. The SMILES string of the molecule is CC(O)(Cl)Cc1ccccc1F. The van der Waals surface area contributed by atoms with Gasteiger partial charge in [-0.3, -0.25) is 0 Å². The van der Waals surface area contributed by atoms with Gasteiger partial charge in [-0.2, -0.15) is 0 Å². The molecular weight excluding hydrogens is 179 g/mol. The molecule has 1 atom stereocenters. The van der Waals surface area contributed by atoms with Gasteiger partial charge in [-0.15, -0.1) is 0 Å². The molecule has 1 aromatic carbocycles. The first kappa shape index (κ1) is 9.49. The third kappa shape index (κ3) is 2.80. The van der Waals surface area contributed by atoms with Gasteiger partial charge in [-0.25, -0.2) is 4.39 Å². The molecule has 12 heavy (non-hydrogen) atoms. The average molecular weight is 189 g/mol. The number of benzene rings is 1. The van der Waals surface area contributed by atoms with Crippen LogP contribution >= 0.6 is 11.6 Å². The van der Waals surface area contributed by atoms with E-state index in [9.17, 15) is 9.50 Å². The van der Waals surface area contributed by atoms with Crippen molar-refractivity contribution in [2.75, 3.05) is 0 Å². The minimum Gasteiger partial charge on any atom is -0.375 e. The minimum absolute atomic E-state index is 0.112. The van der Waals surface area contributed by atoms with Gasteiger partial charge in [0.25, 0.3) is 0 Å². The lowest BCUT2D eigenvalue weighted by molar-refractivity contribution is 0.148. The van der Waals surface area contributed by atoms with Crippen molar-refractivity contribution in [1.29, 1.82) is 0 Å². The zero-order valence-corrected chi connectivity index (χ0v) is 7.48. The van der Waals surface area contributed by atoms with Crippen LogP contribution in [0.4, 0.5) is 4.39 Å². The minimum atomic E-state index is -1.37. The van der Waals surface area contributed by atoms with Gasteiger partial charge in [0.05, 0.1) is 0 Å². The van der Waals surface area contributed by atoms with Crippen LogP contribution in [-0.4, -0.2) is 10.2 Å². The van der Waals surface area contributed by atoms with Crippen molar-refractivity contribution in [3.63, 3.8) is 0 Å². The molecule has 0 aliphatic heterocycles. The van der Waals surface area contributed by atoms with Crippen LogP contribution in [0, 0.1) is 5.82 Å². The molecule has 0 radical (unpaired) electrons. The lowest BCUT2D eigenvalue weighted by atomic mass is 10.1. The summed E-state index contributed by atoms with van der Waals surface area (Å²) < 4.78 is 13.0. The molecular formula is C9H10ClFO. The Morgan fingerprint density at radius 3 is 2.58 bits per heavy atom. The molecule has 0 saturated carbocycles. The predicted octanol–water partition coefficient (Wildman–Crippen LogP) is 2.32. The molecule has 0 saturated heterocycles. The van der Waals surface area contributed by atoms with Gasteiger partial charge in [0.2, 0.25) is 0 Å². The zero-order valence-electron chi connectivity index (χ0n) is 6.72.